The lowest BCUT2D eigenvalue weighted by Gasteiger charge is -2.32. The van der Waals surface area contributed by atoms with Gasteiger partial charge in [-0.1, -0.05) is 109 Å². The summed E-state index contributed by atoms with van der Waals surface area (Å²) >= 11 is 0. The van der Waals surface area contributed by atoms with E-state index in [0.29, 0.717) is 0 Å². The molecule has 4 aromatic carbocycles. The first-order chi connectivity index (χ1) is 12.9. The standard InChI is InChI=1S/C24H20NSi/c1-5-13-21(14-6-1)25-26(22-15-7-2-8-16-22,23-17-9-3-10-18-23)24-19-11-4-12-20-24/h1-20H. The van der Waals surface area contributed by atoms with E-state index in [0.717, 1.165) is 5.69 Å². The van der Waals surface area contributed by atoms with Crippen molar-refractivity contribution in [3.05, 3.63) is 121 Å². The van der Waals surface area contributed by atoms with Gasteiger partial charge in [-0.3, -0.25) is 0 Å². The van der Waals surface area contributed by atoms with Crippen LogP contribution in [0.1, 0.15) is 0 Å². The minimum atomic E-state index is -2.54. The Bertz CT molecular complexity index is 842. The van der Waals surface area contributed by atoms with E-state index in [1.807, 2.05) is 6.07 Å². The second-order valence-electron chi connectivity index (χ2n) is 6.26. The fourth-order valence-electron chi connectivity index (χ4n) is 3.43. The Morgan fingerprint density at radius 2 is 0.692 bits per heavy atom. The zero-order chi connectivity index (χ0) is 17.7. The van der Waals surface area contributed by atoms with Crippen molar-refractivity contribution in [3.8, 4) is 0 Å². The Balaban J connectivity index is 2.00. The number of hydrogen-bond donors (Lipinski definition) is 0. The predicted octanol–water partition coefficient (Wildman–Crippen LogP) is 3.59. The van der Waals surface area contributed by atoms with Crippen LogP contribution >= 0.6 is 0 Å². The Morgan fingerprint density at radius 1 is 0.385 bits per heavy atom. The summed E-state index contributed by atoms with van der Waals surface area (Å²) in [6.45, 7) is 0. The third kappa shape index (κ3) is 3.07. The maximum absolute atomic E-state index is 5.44. The van der Waals surface area contributed by atoms with E-state index < -0.39 is 8.24 Å². The van der Waals surface area contributed by atoms with Crippen molar-refractivity contribution in [2.24, 2.45) is 0 Å². The molecule has 0 aliphatic rings. The van der Waals surface area contributed by atoms with Gasteiger partial charge >= 0.3 is 0 Å². The topological polar surface area (TPSA) is 14.1 Å². The summed E-state index contributed by atoms with van der Waals surface area (Å²) < 4.78 is 0. The monoisotopic (exact) mass is 350 g/mol. The Hall–Kier alpha value is -3.10. The van der Waals surface area contributed by atoms with Gasteiger partial charge < -0.3 is 4.98 Å². The van der Waals surface area contributed by atoms with Gasteiger partial charge in [-0.2, -0.15) is 0 Å². The van der Waals surface area contributed by atoms with Gasteiger partial charge in [-0.15, -0.1) is 0 Å². The van der Waals surface area contributed by atoms with Crippen molar-refractivity contribution in [1.82, 2.24) is 4.98 Å². The van der Waals surface area contributed by atoms with E-state index in [2.05, 4.69) is 115 Å². The average Bonchev–Trinajstić information content (AvgIpc) is 2.75. The van der Waals surface area contributed by atoms with Crippen molar-refractivity contribution in [2.45, 2.75) is 0 Å². The van der Waals surface area contributed by atoms with Gasteiger partial charge in [0.2, 0.25) is 0 Å². The van der Waals surface area contributed by atoms with Gasteiger partial charge in [0.25, 0.3) is 8.24 Å². The summed E-state index contributed by atoms with van der Waals surface area (Å²) in [5.41, 5.74) is 1.02. The molecule has 0 fully saturated rings. The molecule has 1 radical (unpaired) electrons. The van der Waals surface area contributed by atoms with E-state index in [1.54, 1.807) is 0 Å². The summed E-state index contributed by atoms with van der Waals surface area (Å²) in [4.78, 5) is 5.44. The van der Waals surface area contributed by atoms with Gasteiger partial charge in [0.1, 0.15) is 0 Å². The molecular formula is C24H20NSi. The minimum Gasteiger partial charge on any atom is -0.304 e. The van der Waals surface area contributed by atoms with Gasteiger partial charge in [-0.05, 0) is 27.7 Å². The predicted molar refractivity (Wildman–Crippen MR) is 112 cm³/mol. The fourth-order valence-corrected chi connectivity index (χ4v) is 7.38. The Labute approximate surface area is 156 Å². The van der Waals surface area contributed by atoms with E-state index in [4.69, 9.17) is 4.98 Å². The molecule has 0 heterocycles. The van der Waals surface area contributed by atoms with Crippen LogP contribution in [0.3, 0.4) is 0 Å². The van der Waals surface area contributed by atoms with E-state index >= 15 is 0 Å². The van der Waals surface area contributed by atoms with Crippen LogP contribution in [0.15, 0.2) is 121 Å². The molecule has 125 valence electrons. The number of hydrogen-bond acceptors (Lipinski definition) is 0. The summed E-state index contributed by atoms with van der Waals surface area (Å²) in [5, 5.41) is 3.88. The molecule has 0 bridgehead atoms. The first-order valence-electron chi connectivity index (χ1n) is 8.84. The lowest BCUT2D eigenvalue weighted by atomic mass is 10.3. The SMILES string of the molecule is c1ccc([N][Si](c2ccccc2)(c2ccccc2)c2ccccc2)cc1. The van der Waals surface area contributed by atoms with Gasteiger partial charge in [0, 0.05) is 5.69 Å². The minimum absolute atomic E-state index is 1.02. The molecule has 2 heteroatoms. The van der Waals surface area contributed by atoms with E-state index in [1.165, 1.54) is 15.6 Å². The van der Waals surface area contributed by atoms with Crippen LogP contribution in [0.25, 0.3) is 0 Å². The van der Waals surface area contributed by atoms with E-state index in [9.17, 15) is 0 Å². The highest BCUT2D eigenvalue weighted by atomic mass is 28.3. The first-order valence-corrected chi connectivity index (χ1v) is 10.8. The maximum Gasteiger partial charge on any atom is 0.273 e. The lowest BCUT2D eigenvalue weighted by molar-refractivity contribution is 1.28. The summed E-state index contributed by atoms with van der Waals surface area (Å²) in [6, 6.07) is 42.6. The van der Waals surface area contributed by atoms with Gasteiger partial charge in [0.05, 0.1) is 0 Å². The molecule has 0 amide bonds. The number of nitrogens with zero attached hydrogens (tertiary/aromatic N) is 1. The van der Waals surface area contributed by atoms with Crippen LogP contribution in [0.2, 0.25) is 0 Å². The Morgan fingerprint density at radius 3 is 1.04 bits per heavy atom. The molecule has 1 nitrogen and oxygen atoms in total. The van der Waals surface area contributed by atoms with Gasteiger partial charge in [-0.25, -0.2) is 0 Å². The zero-order valence-corrected chi connectivity index (χ0v) is 15.5. The smallest absolute Gasteiger partial charge is 0.273 e. The second-order valence-corrected chi connectivity index (χ2v) is 9.63. The van der Waals surface area contributed by atoms with Crippen molar-refractivity contribution in [3.63, 3.8) is 0 Å². The molecule has 26 heavy (non-hydrogen) atoms. The largest absolute Gasteiger partial charge is 0.304 e. The van der Waals surface area contributed by atoms with Crippen LogP contribution in [0, 0.1) is 0 Å². The zero-order valence-electron chi connectivity index (χ0n) is 14.5. The fraction of sp³-hybridized carbons (Fsp3) is 0. The molecule has 4 rings (SSSR count). The van der Waals surface area contributed by atoms with Crippen molar-refractivity contribution in [2.75, 3.05) is 0 Å². The third-order valence-corrected chi connectivity index (χ3v) is 8.73. The van der Waals surface area contributed by atoms with Crippen molar-refractivity contribution >= 4 is 29.5 Å². The molecule has 0 atom stereocenters. The van der Waals surface area contributed by atoms with Crippen LogP contribution in [0.5, 0.6) is 0 Å². The molecule has 0 aromatic heterocycles. The second kappa shape index (κ2) is 7.42. The quantitative estimate of drug-likeness (QED) is 0.386. The summed E-state index contributed by atoms with van der Waals surface area (Å²) in [6.07, 6.45) is 0. The number of rotatable bonds is 5. The van der Waals surface area contributed by atoms with Crippen LogP contribution < -0.4 is 20.5 Å². The average molecular weight is 351 g/mol. The molecule has 0 N–H and O–H groups in total. The van der Waals surface area contributed by atoms with Gasteiger partial charge in [0.15, 0.2) is 0 Å². The molecule has 0 spiro atoms. The Kier molecular flexibility index (Phi) is 4.67. The molecule has 0 aliphatic heterocycles. The third-order valence-electron chi connectivity index (χ3n) is 4.63. The van der Waals surface area contributed by atoms with Crippen molar-refractivity contribution < 1.29 is 0 Å². The van der Waals surface area contributed by atoms with E-state index in [-0.39, 0.29) is 0 Å². The summed E-state index contributed by atoms with van der Waals surface area (Å²) in [7, 11) is -2.54. The van der Waals surface area contributed by atoms with Crippen LogP contribution in [0.4, 0.5) is 5.69 Å². The normalized spacial score (nSPS) is 11.1. The highest BCUT2D eigenvalue weighted by molar-refractivity contribution is 7.10. The van der Waals surface area contributed by atoms with Crippen LogP contribution in [-0.4, -0.2) is 8.24 Å². The highest BCUT2D eigenvalue weighted by Crippen LogP contribution is 2.14. The lowest BCUT2D eigenvalue weighted by Crippen LogP contribution is -2.72. The molecule has 4 aromatic rings. The molecule has 0 saturated carbocycles. The highest BCUT2D eigenvalue weighted by Gasteiger charge is 2.41. The van der Waals surface area contributed by atoms with Crippen LogP contribution in [-0.2, 0) is 0 Å². The summed E-state index contributed by atoms with van der Waals surface area (Å²) in [5.74, 6) is 0. The first kappa shape index (κ1) is 16.4. The molecular weight excluding hydrogens is 330 g/mol. The maximum atomic E-state index is 5.44. The van der Waals surface area contributed by atoms with Crippen molar-refractivity contribution in [1.29, 1.82) is 0 Å². The molecule has 0 aliphatic carbocycles. The molecule has 0 saturated heterocycles. The number of benzene rings is 4. The molecule has 0 unspecified atom stereocenters.